The lowest BCUT2D eigenvalue weighted by Gasteiger charge is -2.20. The van der Waals surface area contributed by atoms with E-state index in [0.717, 1.165) is 18.4 Å². The molecule has 1 aromatic heterocycles. The Morgan fingerprint density at radius 2 is 1.58 bits per heavy atom. The van der Waals surface area contributed by atoms with Crippen molar-refractivity contribution in [2.45, 2.75) is 32.3 Å². The molecule has 1 atom stereocenters. The van der Waals surface area contributed by atoms with E-state index in [1.807, 2.05) is 49.4 Å². The number of para-hydroxylation sites is 1. The van der Waals surface area contributed by atoms with Crippen molar-refractivity contribution in [1.29, 1.82) is 0 Å². The number of carbonyl (C=O) groups is 1. The zero-order chi connectivity index (χ0) is 26.1. The summed E-state index contributed by atoms with van der Waals surface area (Å²) in [4.78, 5) is 17.1. The van der Waals surface area contributed by atoms with Crippen LogP contribution in [0.2, 0.25) is 0 Å². The van der Waals surface area contributed by atoms with Gasteiger partial charge in [0, 0.05) is 11.1 Å². The summed E-state index contributed by atoms with van der Waals surface area (Å²) in [7, 11) is 6.22. The molecule has 1 amide bonds. The van der Waals surface area contributed by atoms with E-state index in [0.29, 0.717) is 52.1 Å². The molecule has 3 rings (SSSR count). The van der Waals surface area contributed by atoms with Crippen LogP contribution in [0, 0.1) is 0 Å². The summed E-state index contributed by atoms with van der Waals surface area (Å²) in [5.41, 5.74) is 4.24. The van der Waals surface area contributed by atoms with Crippen molar-refractivity contribution in [2.24, 2.45) is 0 Å². The number of hydroxylamine groups is 1. The van der Waals surface area contributed by atoms with E-state index < -0.39 is 12.0 Å². The molecule has 3 aromatic rings. The molecular formula is C27H32N2O7. The minimum Gasteiger partial charge on any atom is -0.494 e. The van der Waals surface area contributed by atoms with Crippen LogP contribution in [0.25, 0.3) is 22.5 Å². The highest BCUT2D eigenvalue weighted by molar-refractivity contribution is 5.81. The average molecular weight is 497 g/mol. The van der Waals surface area contributed by atoms with Crippen LogP contribution in [-0.4, -0.2) is 50.6 Å². The highest BCUT2D eigenvalue weighted by Crippen LogP contribution is 2.42. The maximum absolute atomic E-state index is 12.2. The summed E-state index contributed by atoms with van der Waals surface area (Å²) in [5, 5.41) is 9.20. The van der Waals surface area contributed by atoms with Crippen molar-refractivity contribution in [2.75, 3.05) is 28.4 Å². The fraction of sp³-hybridized carbons (Fsp3) is 0.333. The lowest BCUT2D eigenvalue weighted by atomic mass is 10.1. The lowest BCUT2D eigenvalue weighted by molar-refractivity contribution is -0.136. The molecule has 0 radical (unpaired) electrons. The van der Waals surface area contributed by atoms with Gasteiger partial charge in [0.2, 0.25) is 5.75 Å². The van der Waals surface area contributed by atoms with E-state index in [4.69, 9.17) is 28.7 Å². The number of aromatic nitrogens is 1. The third kappa shape index (κ3) is 5.80. The smallest absolute Gasteiger partial charge is 0.284 e. The first-order chi connectivity index (χ1) is 17.5. The topological polar surface area (TPSA) is 108 Å². The van der Waals surface area contributed by atoms with Gasteiger partial charge in [-0.2, -0.15) is 0 Å². The van der Waals surface area contributed by atoms with E-state index in [2.05, 4.69) is 0 Å². The molecule has 2 N–H and O–H groups in total. The fourth-order valence-electron chi connectivity index (χ4n) is 3.82. The number of carbonyl (C=O) groups excluding carboxylic acids is 1. The molecule has 192 valence electrons. The maximum Gasteiger partial charge on any atom is 0.284 e. The quantitative estimate of drug-likeness (QED) is 0.269. The number of rotatable bonds is 12. The van der Waals surface area contributed by atoms with Crippen molar-refractivity contribution < 1.29 is 33.7 Å². The molecular weight excluding hydrogens is 464 g/mol. The SMILES string of the molecule is CCCCC(Oc1ccccc1-c1nc(-c2cc(OC)c(OC)c(OC)c2)ccc1OC)C(=O)NO. The number of amides is 1. The standard InChI is InChI=1S/C27H32N2O7/c1-6-7-11-22(27(30)29-31)36-20-12-9-8-10-18(20)25-21(32-2)14-13-19(28-25)17-15-23(33-3)26(35-5)24(16-17)34-4/h8-10,12-16,22,31H,6-7,11H2,1-5H3,(H,29,30). The van der Waals surface area contributed by atoms with Crippen molar-refractivity contribution in [3.05, 3.63) is 48.5 Å². The third-order valence-corrected chi connectivity index (χ3v) is 5.67. The van der Waals surface area contributed by atoms with Gasteiger partial charge in [0.25, 0.3) is 5.91 Å². The van der Waals surface area contributed by atoms with Gasteiger partial charge in [0.15, 0.2) is 17.6 Å². The van der Waals surface area contributed by atoms with Crippen LogP contribution in [0.1, 0.15) is 26.2 Å². The number of pyridine rings is 1. The number of nitrogens with one attached hydrogen (secondary N) is 1. The Bertz CT molecular complexity index is 1160. The molecule has 0 saturated carbocycles. The molecule has 9 nitrogen and oxygen atoms in total. The Balaban J connectivity index is 2.11. The van der Waals surface area contributed by atoms with E-state index in [1.165, 1.54) is 0 Å². The predicted molar refractivity (Wildman–Crippen MR) is 135 cm³/mol. The number of ether oxygens (including phenoxy) is 5. The number of hydrogen-bond donors (Lipinski definition) is 2. The molecule has 9 heteroatoms. The van der Waals surface area contributed by atoms with Crippen LogP contribution in [0.5, 0.6) is 28.7 Å². The van der Waals surface area contributed by atoms with Gasteiger partial charge in [-0.25, -0.2) is 10.5 Å². The van der Waals surface area contributed by atoms with Crippen molar-refractivity contribution in [3.63, 3.8) is 0 Å². The van der Waals surface area contributed by atoms with Gasteiger partial charge in [0.1, 0.15) is 17.2 Å². The van der Waals surface area contributed by atoms with Gasteiger partial charge in [0.05, 0.1) is 34.1 Å². The molecule has 0 bridgehead atoms. The highest BCUT2D eigenvalue weighted by atomic mass is 16.5. The summed E-state index contributed by atoms with van der Waals surface area (Å²) < 4.78 is 28.1. The van der Waals surface area contributed by atoms with Crippen LogP contribution < -0.4 is 29.2 Å². The molecule has 0 aliphatic heterocycles. The van der Waals surface area contributed by atoms with Crippen molar-refractivity contribution >= 4 is 5.91 Å². The first-order valence-electron chi connectivity index (χ1n) is 11.6. The van der Waals surface area contributed by atoms with Gasteiger partial charge in [-0.1, -0.05) is 25.5 Å². The molecule has 0 fully saturated rings. The van der Waals surface area contributed by atoms with Crippen LogP contribution in [0.3, 0.4) is 0 Å². The molecule has 1 unspecified atom stereocenters. The number of hydrogen-bond acceptors (Lipinski definition) is 8. The normalized spacial score (nSPS) is 11.4. The molecule has 36 heavy (non-hydrogen) atoms. The molecule has 1 heterocycles. The van der Waals surface area contributed by atoms with Gasteiger partial charge < -0.3 is 23.7 Å². The van der Waals surface area contributed by atoms with Crippen LogP contribution in [-0.2, 0) is 4.79 Å². The second kappa shape index (κ2) is 12.6. The summed E-state index contributed by atoms with van der Waals surface area (Å²) in [5.74, 6) is 1.85. The minimum atomic E-state index is -0.861. The predicted octanol–water partition coefficient (Wildman–Crippen LogP) is 4.89. The number of benzene rings is 2. The zero-order valence-corrected chi connectivity index (χ0v) is 21.2. The number of methoxy groups -OCH3 is 4. The first kappa shape index (κ1) is 26.6. The highest BCUT2D eigenvalue weighted by Gasteiger charge is 2.23. The monoisotopic (exact) mass is 496 g/mol. The average Bonchev–Trinajstić information content (AvgIpc) is 2.93. The number of nitrogens with zero attached hydrogens (tertiary/aromatic N) is 1. The Labute approximate surface area is 210 Å². The van der Waals surface area contributed by atoms with Gasteiger partial charge >= 0.3 is 0 Å². The van der Waals surface area contributed by atoms with E-state index in [1.54, 1.807) is 40.0 Å². The zero-order valence-electron chi connectivity index (χ0n) is 21.2. The van der Waals surface area contributed by atoms with E-state index in [-0.39, 0.29) is 0 Å². The van der Waals surface area contributed by atoms with E-state index >= 15 is 0 Å². The Morgan fingerprint density at radius 1 is 0.917 bits per heavy atom. The Hall–Kier alpha value is -3.98. The van der Waals surface area contributed by atoms with Gasteiger partial charge in [-0.3, -0.25) is 10.0 Å². The van der Waals surface area contributed by atoms with Crippen LogP contribution >= 0.6 is 0 Å². The molecule has 2 aromatic carbocycles. The van der Waals surface area contributed by atoms with Crippen LogP contribution in [0.15, 0.2) is 48.5 Å². The summed E-state index contributed by atoms with van der Waals surface area (Å²) in [6, 6.07) is 14.5. The van der Waals surface area contributed by atoms with E-state index in [9.17, 15) is 10.0 Å². The Kier molecular flexibility index (Phi) is 9.35. The van der Waals surface area contributed by atoms with Crippen LogP contribution in [0.4, 0.5) is 0 Å². The fourth-order valence-corrected chi connectivity index (χ4v) is 3.82. The van der Waals surface area contributed by atoms with Crippen molar-refractivity contribution in [3.8, 4) is 51.3 Å². The number of unbranched alkanes of at least 4 members (excludes halogenated alkanes) is 1. The summed E-state index contributed by atoms with van der Waals surface area (Å²) >= 11 is 0. The summed E-state index contributed by atoms with van der Waals surface area (Å²) in [6.45, 7) is 2.02. The van der Waals surface area contributed by atoms with Gasteiger partial charge in [-0.15, -0.1) is 0 Å². The third-order valence-electron chi connectivity index (χ3n) is 5.67. The molecule has 0 aliphatic rings. The molecule has 0 aliphatic carbocycles. The maximum atomic E-state index is 12.2. The minimum absolute atomic E-state index is 0.440. The van der Waals surface area contributed by atoms with Crippen molar-refractivity contribution in [1.82, 2.24) is 10.5 Å². The second-order valence-electron chi connectivity index (χ2n) is 7.88. The van der Waals surface area contributed by atoms with Gasteiger partial charge in [-0.05, 0) is 49.2 Å². The lowest BCUT2D eigenvalue weighted by Crippen LogP contribution is -2.36. The molecule has 0 spiro atoms. The second-order valence-corrected chi connectivity index (χ2v) is 7.88. The Morgan fingerprint density at radius 3 is 2.17 bits per heavy atom. The summed E-state index contributed by atoms with van der Waals surface area (Å²) in [6.07, 6.45) is 1.23. The first-order valence-corrected chi connectivity index (χ1v) is 11.6. The molecule has 0 saturated heterocycles. The largest absolute Gasteiger partial charge is 0.494 e.